The van der Waals surface area contributed by atoms with Crippen molar-refractivity contribution in [3.63, 3.8) is 0 Å². The molecule has 0 spiro atoms. The van der Waals surface area contributed by atoms with Gasteiger partial charge in [-0.25, -0.2) is 4.98 Å². The van der Waals surface area contributed by atoms with Gasteiger partial charge < -0.3 is 5.32 Å². The number of benzene rings is 1. The molecule has 1 aromatic heterocycles. The lowest BCUT2D eigenvalue weighted by Crippen LogP contribution is -2.05. The summed E-state index contributed by atoms with van der Waals surface area (Å²) in [4.78, 5) is 4.53. The van der Waals surface area contributed by atoms with Gasteiger partial charge in [-0.2, -0.15) is 0 Å². The number of aromatic nitrogens is 1. The Hall–Kier alpha value is -0.450. The van der Waals surface area contributed by atoms with Crippen molar-refractivity contribution >= 4 is 37.5 Å². The molecule has 0 atom stereocenters. The number of aryl methyl sites for hydroxylation is 1. The second-order valence-corrected chi connectivity index (χ2v) is 5.33. The third-order valence-electron chi connectivity index (χ3n) is 2.01. The van der Waals surface area contributed by atoms with Crippen molar-refractivity contribution in [2.45, 2.75) is 27.3 Å². The molecule has 0 aliphatic carbocycles. The van der Waals surface area contributed by atoms with E-state index in [1.54, 1.807) is 11.3 Å². The van der Waals surface area contributed by atoms with Crippen molar-refractivity contribution in [2.75, 3.05) is 7.05 Å². The lowest BCUT2D eigenvalue weighted by Gasteiger charge is -2.01. The Morgan fingerprint density at radius 2 is 2.06 bits per heavy atom. The molecule has 0 aliphatic heterocycles. The minimum absolute atomic E-state index is 0.860. The van der Waals surface area contributed by atoms with E-state index in [-0.39, 0.29) is 0 Å². The quantitative estimate of drug-likeness (QED) is 0.903. The van der Waals surface area contributed by atoms with Gasteiger partial charge in [0.15, 0.2) is 0 Å². The van der Waals surface area contributed by atoms with Gasteiger partial charge in [-0.3, -0.25) is 0 Å². The van der Waals surface area contributed by atoms with E-state index in [2.05, 4.69) is 38.4 Å². The molecule has 0 bridgehead atoms. The van der Waals surface area contributed by atoms with Gasteiger partial charge in [0.25, 0.3) is 0 Å². The van der Waals surface area contributed by atoms with E-state index in [1.807, 2.05) is 27.8 Å². The van der Waals surface area contributed by atoms with Gasteiger partial charge in [0.05, 0.1) is 15.2 Å². The minimum atomic E-state index is 0.860. The summed E-state index contributed by atoms with van der Waals surface area (Å²) in [5, 5.41) is 4.28. The topological polar surface area (TPSA) is 24.9 Å². The number of rotatable bonds is 2. The predicted molar refractivity (Wildman–Crippen MR) is 76.2 cm³/mol. The summed E-state index contributed by atoms with van der Waals surface area (Å²) in [5.74, 6) is 0. The van der Waals surface area contributed by atoms with Crippen LogP contribution in [0.2, 0.25) is 0 Å². The smallest absolute Gasteiger partial charge is 0.0907 e. The highest BCUT2D eigenvalue weighted by atomic mass is 79.9. The van der Waals surface area contributed by atoms with Crippen molar-refractivity contribution in [1.82, 2.24) is 10.3 Å². The second-order valence-electron chi connectivity index (χ2n) is 3.17. The number of fused-ring (bicyclic) bond motifs is 1. The van der Waals surface area contributed by atoms with Gasteiger partial charge in [0.1, 0.15) is 0 Å². The Morgan fingerprint density at radius 1 is 1.38 bits per heavy atom. The van der Waals surface area contributed by atoms with Crippen LogP contribution in [0.3, 0.4) is 0 Å². The summed E-state index contributed by atoms with van der Waals surface area (Å²) >= 11 is 5.25. The summed E-state index contributed by atoms with van der Waals surface area (Å²) in [5.41, 5.74) is 2.38. The van der Waals surface area contributed by atoms with Gasteiger partial charge in [-0.05, 0) is 31.7 Å². The summed E-state index contributed by atoms with van der Waals surface area (Å²) in [7, 11) is 1.95. The lowest BCUT2D eigenvalue weighted by atomic mass is 10.2. The molecule has 0 fully saturated rings. The van der Waals surface area contributed by atoms with Crippen LogP contribution in [0, 0.1) is 6.92 Å². The van der Waals surface area contributed by atoms with Crippen LogP contribution in [0.1, 0.15) is 24.4 Å². The molecule has 0 unspecified atom stereocenters. The van der Waals surface area contributed by atoms with E-state index >= 15 is 0 Å². The molecular weight excluding hydrogens is 284 g/mol. The molecular formula is C12H17BrN2S. The zero-order valence-electron chi connectivity index (χ0n) is 10.1. The van der Waals surface area contributed by atoms with E-state index < -0.39 is 0 Å². The molecule has 2 nitrogen and oxygen atoms in total. The average Bonchev–Trinajstić information content (AvgIpc) is 2.62. The molecule has 88 valence electrons. The number of nitrogens with zero attached hydrogens (tertiary/aromatic N) is 1. The van der Waals surface area contributed by atoms with Crippen molar-refractivity contribution < 1.29 is 0 Å². The van der Waals surface area contributed by atoms with Gasteiger partial charge in [-0.1, -0.05) is 29.8 Å². The standard InChI is InChI=1S/C10H11BrN2S.C2H6/c1-6-13-10-7(5-12-2)3-8(11)4-9(10)14-6;1-2/h3-4,12H,5H2,1-2H3;1-2H3. The Kier molecular flexibility index (Phi) is 5.38. The molecule has 2 rings (SSSR count). The zero-order valence-corrected chi connectivity index (χ0v) is 12.5. The monoisotopic (exact) mass is 300 g/mol. The van der Waals surface area contributed by atoms with E-state index in [4.69, 9.17) is 0 Å². The van der Waals surface area contributed by atoms with Crippen molar-refractivity contribution in [1.29, 1.82) is 0 Å². The lowest BCUT2D eigenvalue weighted by molar-refractivity contribution is 0.821. The molecule has 1 heterocycles. The SMILES string of the molecule is CC.CNCc1cc(Br)cc2sc(C)nc12. The number of hydrogen-bond donors (Lipinski definition) is 1. The fourth-order valence-corrected chi connectivity index (χ4v) is 3.07. The maximum absolute atomic E-state index is 4.53. The number of hydrogen-bond acceptors (Lipinski definition) is 3. The van der Waals surface area contributed by atoms with E-state index in [1.165, 1.54) is 10.3 Å². The minimum Gasteiger partial charge on any atom is -0.316 e. The fourth-order valence-electron chi connectivity index (χ4n) is 1.50. The highest BCUT2D eigenvalue weighted by Crippen LogP contribution is 2.28. The number of thiazole rings is 1. The third kappa shape index (κ3) is 3.03. The molecule has 2 aromatic rings. The van der Waals surface area contributed by atoms with Crippen molar-refractivity contribution in [3.05, 3.63) is 27.2 Å². The van der Waals surface area contributed by atoms with Crippen LogP contribution in [-0.4, -0.2) is 12.0 Å². The Morgan fingerprint density at radius 3 is 2.69 bits per heavy atom. The van der Waals surface area contributed by atoms with Crippen molar-refractivity contribution in [2.24, 2.45) is 0 Å². The van der Waals surface area contributed by atoms with E-state index in [0.29, 0.717) is 0 Å². The normalized spacial score (nSPS) is 10.1. The Labute approximate surface area is 109 Å². The van der Waals surface area contributed by atoms with Gasteiger partial charge in [0, 0.05) is 11.0 Å². The molecule has 0 aliphatic rings. The third-order valence-corrected chi connectivity index (χ3v) is 3.39. The predicted octanol–water partition coefficient (Wildman–Crippen LogP) is 4.11. The zero-order chi connectivity index (χ0) is 12.1. The van der Waals surface area contributed by atoms with Crippen LogP contribution < -0.4 is 5.32 Å². The molecule has 4 heteroatoms. The first-order valence-electron chi connectivity index (χ1n) is 5.41. The summed E-state index contributed by atoms with van der Waals surface area (Å²) < 4.78 is 2.38. The van der Waals surface area contributed by atoms with Crippen molar-refractivity contribution in [3.8, 4) is 0 Å². The average molecular weight is 301 g/mol. The maximum atomic E-state index is 4.53. The van der Waals surface area contributed by atoms with Crippen LogP contribution in [0.4, 0.5) is 0 Å². The fraction of sp³-hybridized carbons (Fsp3) is 0.417. The number of nitrogens with one attached hydrogen (secondary N) is 1. The molecule has 1 aromatic carbocycles. The first kappa shape index (κ1) is 13.6. The summed E-state index contributed by atoms with van der Waals surface area (Å²) in [6.07, 6.45) is 0. The Bertz CT molecular complexity index is 465. The van der Waals surface area contributed by atoms with E-state index in [0.717, 1.165) is 21.5 Å². The maximum Gasteiger partial charge on any atom is 0.0907 e. The molecule has 0 saturated carbocycles. The van der Waals surface area contributed by atoms with Gasteiger partial charge in [0.2, 0.25) is 0 Å². The van der Waals surface area contributed by atoms with Crippen LogP contribution >= 0.6 is 27.3 Å². The summed E-state index contributed by atoms with van der Waals surface area (Å²) in [6.45, 7) is 6.90. The highest BCUT2D eigenvalue weighted by Gasteiger charge is 2.06. The van der Waals surface area contributed by atoms with Crippen LogP contribution in [0.5, 0.6) is 0 Å². The second kappa shape index (κ2) is 6.33. The summed E-state index contributed by atoms with van der Waals surface area (Å²) in [6, 6.07) is 4.25. The molecule has 0 saturated heterocycles. The van der Waals surface area contributed by atoms with Gasteiger partial charge in [-0.15, -0.1) is 11.3 Å². The molecule has 0 radical (unpaired) electrons. The Balaban J connectivity index is 0.000000606. The van der Waals surface area contributed by atoms with E-state index in [9.17, 15) is 0 Å². The molecule has 1 N–H and O–H groups in total. The van der Waals surface area contributed by atoms with Crippen LogP contribution in [-0.2, 0) is 6.54 Å². The highest BCUT2D eigenvalue weighted by molar-refractivity contribution is 9.10. The van der Waals surface area contributed by atoms with Gasteiger partial charge >= 0.3 is 0 Å². The molecule has 16 heavy (non-hydrogen) atoms. The first-order chi connectivity index (χ1) is 7.70. The van der Waals surface area contributed by atoms with Crippen LogP contribution in [0.25, 0.3) is 10.2 Å². The first-order valence-corrected chi connectivity index (χ1v) is 7.02. The largest absolute Gasteiger partial charge is 0.316 e. The van der Waals surface area contributed by atoms with Crippen LogP contribution in [0.15, 0.2) is 16.6 Å². The number of halogens is 1. The molecule has 0 amide bonds.